The van der Waals surface area contributed by atoms with Gasteiger partial charge in [-0.05, 0) is 55.7 Å². The van der Waals surface area contributed by atoms with Gasteiger partial charge in [-0.3, -0.25) is 4.79 Å². The molecule has 0 unspecified atom stereocenters. The van der Waals surface area contributed by atoms with Crippen LogP contribution in [0.2, 0.25) is 0 Å². The zero-order chi connectivity index (χ0) is 23.8. The van der Waals surface area contributed by atoms with Gasteiger partial charge in [0.15, 0.2) is 5.65 Å². The second kappa shape index (κ2) is 9.02. The van der Waals surface area contributed by atoms with Crippen LogP contribution in [0.15, 0.2) is 60.8 Å². The van der Waals surface area contributed by atoms with Crippen molar-refractivity contribution in [2.24, 2.45) is 0 Å². The molecule has 8 nitrogen and oxygen atoms in total. The number of carbonyl (C=O) groups excluding carboxylic acids is 1. The van der Waals surface area contributed by atoms with Crippen molar-refractivity contribution in [3.8, 4) is 11.4 Å². The Morgan fingerprint density at radius 3 is 2.49 bits per heavy atom. The molecule has 0 spiro atoms. The largest absolute Gasteiger partial charge is 0.497 e. The van der Waals surface area contributed by atoms with Crippen molar-refractivity contribution in [1.29, 1.82) is 0 Å². The molecule has 1 amide bonds. The lowest BCUT2D eigenvalue weighted by molar-refractivity contribution is 0.0767. The van der Waals surface area contributed by atoms with Crippen molar-refractivity contribution >= 4 is 22.8 Å². The molecule has 2 aliphatic rings. The van der Waals surface area contributed by atoms with E-state index in [0.717, 1.165) is 59.9 Å². The maximum Gasteiger partial charge on any atom is 0.253 e. The van der Waals surface area contributed by atoms with Gasteiger partial charge in [0.2, 0.25) is 0 Å². The van der Waals surface area contributed by atoms with Crippen LogP contribution in [0.3, 0.4) is 0 Å². The number of aromatic nitrogens is 4. The molecule has 2 fully saturated rings. The molecule has 1 saturated heterocycles. The number of carbonyl (C=O) groups is 1. The van der Waals surface area contributed by atoms with E-state index in [-0.39, 0.29) is 5.91 Å². The minimum atomic E-state index is 0.0536. The predicted molar refractivity (Wildman–Crippen MR) is 134 cm³/mol. The van der Waals surface area contributed by atoms with Crippen molar-refractivity contribution in [2.45, 2.75) is 25.2 Å². The second-order valence-electron chi connectivity index (χ2n) is 9.17. The summed E-state index contributed by atoms with van der Waals surface area (Å²) in [5, 5.41) is 5.63. The maximum absolute atomic E-state index is 13.1. The molecule has 1 aliphatic heterocycles. The summed E-state index contributed by atoms with van der Waals surface area (Å²) in [4.78, 5) is 27.4. The van der Waals surface area contributed by atoms with E-state index in [0.29, 0.717) is 31.1 Å². The number of benzene rings is 2. The number of hydrogen-bond donors (Lipinski definition) is 0. The number of methoxy groups -OCH3 is 1. The average molecular weight is 469 g/mol. The van der Waals surface area contributed by atoms with Gasteiger partial charge in [0, 0.05) is 37.7 Å². The highest BCUT2D eigenvalue weighted by Gasteiger charge is 2.30. The first kappa shape index (κ1) is 21.6. The molecule has 1 saturated carbocycles. The monoisotopic (exact) mass is 468 g/mol. The standard InChI is InChI=1S/C27H28N6O2/c1-35-22-12-10-20(11-13-22)27(34)32-15-5-14-31(16-17-32)25-23-18-28-33(21-6-3-2-4-7-21)26(23)30-24(29-25)19-8-9-19/h2-4,6-7,10-13,18-19H,5,8-9,14-17H2,1H3. The average Bonchev–Trinajstić information content (AvgIpc) is 3.71. The van der Waals surface area contributed by atoms with Crippen molar-refractivity contribution in [2.75, 3.05) is 38.2 Å². The molecular formula is C27H28N6O2. The summed E-state index contributed by atoms with van der Waals surface area (Å²) >= 11 is 0. The van der Waals surface area contributed by atoms with Crippen LogP contribution in [0.4, 0.5) is 5.82 Å². The van der Waals surface area contributed by atoms with Gasteiger partial charge in [-0.1, -0.05) is 18.2 Å². The van der Waals surface area contributed by atoms with Gasteiger partial charge in [0.25, 0.3) is 5.91 Å². The van der Waals surface area contributed by atoms with Gasteiger partial charge in [-0.2, -0.15) is 5.10 Å². The van der Waals surface area contributed by atoms with Crippen LogP contribution in [0.1, 0.15) is 41.4 Å². The zero-order valence-corrected chi connectivity index (χ0v) is 19.8. The summed E-state index contributed by atoms with van der Waals surface area (Å²) in [6.07, 6.45) is 5.02. The van der Waals surface area contributed by atoms with E-state index in [1.54, 1.807) is 7.11 Å². The van der Waals surface area contributed by atoms with E-state index in [2.05, 4.69) is 10.00 Å². The fourth-order valence-corrected chi connectivity index (χ4v) is 4.68. The number of nitrogens with zero attached hydrogens (tertiary/aromatic N) is 6. The van der Waals surface area contributed by atoms with Gasteiger partial charge < -0.3 is 14.5 Å². The molecule has 2 aromatic carbocycles. The minimum absolute atomic E-state index is 0.0536. The molecule has 0 N–H and O–H groups in total. The molecule has 0 radical (unpaired) electrons. The number of hydrogen-bond acceptors (Lipinski definition) is 6. The minimum Gasteiger partial charge on any atom is -0.497 e. The lowest BCUT2D eigenvalue weighted by Gasteiger charge is -2.24. The van der Waals surface area contributed by atoms with Crippen LogP contribution >= 0.6 is 0 Å². The number of ether oxygens (including phenoxy) is 1. The van der Waals surface area contributed by atoms with Crippen LogP contribution in [-0.4, -0.2) is 63.8 Å². The molecule has 8 heteroatoms. The third-order valence-electron chi connectivity index (χ3n) is 6.79. The van der Waals surface area contributed by atoms with Crippen molar-refractivity contribution in [3.05, 3.63) is 72.2 Å². The number of para-hydroxylation sites is 1. The Kier molecular flexibility index (Phi) is 5.56. The molecule has 4 aromatic rings. The van der Waals surface area contributed by atoms with Crippen LogP contribution in [-0.2, 0) is 0 Å². The molecule has 178 valence electrons. The van der Waals surface area contributed by atoms with Crippen molar-refractivity contribution < 1.29 is 9.53 Å². The molecule has 35 heavy (non-hydrogen) atoms. The van der Waals surface area contributed by atoms with E-state index in [1.807, 2.05) is 70.4 Å². The Morgan fingerprint density at radius 2 is 1.74 bits per heavy atom. The van der Waals surface area contributed by atoms with E-state index in [4.69, 9.17) is 14.7 Å². The van der Waals surface area contributed by atoms with E-state index in [1.165, 1.54) is 0 Å². The summed E-state index contributed by atoms with van der Waals surface area (Å²) in [6.45, 7) is 2.91. The SMILES string of the molecule is COc1ccc(C(=O)N2CCCN(c3nc(C4CC4)nc4c3cnn4-c3ccccc3)CC2)cc1. The number of anilines is 1. The van der Waals surface area contributed by atoms with Crippen LogP contribution in [0.5, 0.6) is 5.75 Å². The third kappa shape index (κ3) is 4.20. The van der Waals surface area contributed by atoms with Gasteiger partial charge in [-0.25, -0.2) is 14.6 Å². The van der Waals surface area contributed by atoms with Crippen LogP contribution in [0, 0.1) is 0 Å². The predicted octanol–water partition coefficient (Wildman–Crippen LogP) is 4.05. The highest BCUT2D eigenvalue weighted by molar-refractivity contribution is 5.94. The summed E-state index contributed by atoms with van der Waals surface area (Å²) in [5.74, 6) is 3.06. The highest BCUT2D eigenvalue weighted by Crippen LogP contribution is 2.40. The Morgan fingerprint density at radius 1 is 0.943 bits per heavy atom. The molecule has 3 heterocycles. The summed E-state index contributed by atoms with van der Waals surface area (Å²) < 4.78 is 7.13. The fourth-order valence-electron chi connectivity index (χ4n) is 4.68. The topological polar surface area (TPSA) is 76.4 Å². The summed E-state index contributed by atoms with van der Waals surface area (Å²) in [6, 6.07) is 17.4. The molecule has 1 aliphatic carbocycles. The van der Waals surface area contributed by atoms with Crippen LogP contribution in [0.25, 0.3) is 16.7 Å². The van der Waals surface area contributed by atoms with Gasteiger partial charge in [0.05, 0.1) is 24.4 Å². The van der Waals surface area contributed by atoms with Gasteiger partial charge in [-0.15, -0.1) is 0 Å². The molecule has 6 rings (SSSR count). The number of fused-ring (bicyclic) bond motifs is 1. The Balaban J connectivity index is 1.29. The van der Waals surface area contributed by atoms with E-state index in [9.17, 15) is 4.79 Å². The van der Waals surface area contributed by atoms with Crippen LogP contribution < -0.4 is 9.64 Å². The number of rotatable bonds is 5. The highest BCUT2D eigenvalue weighted by atomic mass is 16.5. The van der Waals surface area contributed by atoms with E-state index < -0.39 is 0 Å². The quantitative estimate of drug-likeness (QED) is 0.440. The Bertz CT molecular complexity index is 1350. The van der Waals surface area contributed by atoms with Gasteiger partial charge in [0.1, 0.15) is 17.4 Å². The summed E-state index contributed by atoms with van der Waals surface area (Å²) in [5.41, 5.74) is 2.52. The smallest absolute Gasteiger partial charge is 0.253 e. The molecule has 2 aromatic heterocycles. The zero-order valence-electron chi connectivity index (χ0n) is 19.8. The Labute approximate surface area is 204 Å². The first-order valence-corrected chi connectivity index (χ1v) is 12.2. The lowest BCUT2D eigenvalue weighted by atomic mass is 10.2. The molecule has 0 bridgehead atoms. The maximum atomic E-state index is 13.1. The first-order valence-electron chi connectivity index (χ1n) is 12.2. The first-order chi connectivity index (χ1) is 17.2. The lowest BCUT2D eigenvalue weighted by Crippen LogP contribution is -2.35. The summed E-state index contributed by atoms with van der Waals surface area (Å²) in [7, 11) is 1.63. The third-order valence-corrected chi connectivity index (χ3v) is 6.79. The van der Waals surface area contributed by atoms with Crippen molar-refractivity contribution in [1.82, 2.24) is 24.6 Å². The number of amides is 1. The van der Waals surface area contributed by atoms with Gasteiger partial charge >= 0.3 is 0 Å². The molecular weight excluding hydrogens is 440 g/mol. The normalized spacial score (nSPS) is 16.4. The molecule has 0 atom stereocenters. The second-order valence-corrected chi connectivity index (χ2v) is 9.17. The van der Waals surface area contributed by atoms with Crippen molar-refractivity contribution in [3.63, 3.8) is 0 Å². The Hall–Kier alpha value is -3.94. The fraction of sp³-hybridized carbons (Fsp3) is 0.333. The van der Waals surface area contributed by atoms with E-state index >= 15 is 0 Å².